The van der Waals surface area contributed by atoms with Gasteiger partial charge in [-0.3, -0.25) is 14.9 Å². The summed E-state index contributed by atoms with van der Waals surface area (Å²) >= 11 is 17.5. The van der Waals surface area contributed by atoms with Gasteiger partial charge in [0.2, 0.25) is 0 Å². The van der Waals surface area contributed by atoms with Crippen molar-refractivity contribution in [2.75, 3.05) is 12.0 Å². The van der Waals surface area contributed by atoms with Gasteiger partial charge in [-0.25, -0.2) is 9.69 Å². The summed E-state index contributed by atoms with van der Waals surface area (Å²) in [5.41, 5.74) is 2.21. The minimum atomic E-state index is -0.809. The Kier molecular flexibility index (Phi) is 8.47. The molecule has 0 radical (unpaired) electrons. The molecular formula is C26H18BrCl2IN2O5. The van der Waals surface area contributed by atoms with E-state index >= 15 is 0 Å². The Labute approximate surface area is 245 Å². The van der Waals surface area contributed by atoms with Crippen molar-refractivity contribution in [2.45, 2.75) is 13.5 Å². The van der Waals surface area contributed by atoms with E-state index in [1.165, 1.54) is 13.2 Å². The van der Waals surface area contributed by atoms with Crippen molar-refractivity contribution < 1.29 is 23.9 Å². The molecule has 0 atom stereocenters. The number of imide groups is 2. The van der Waals surface area contributed by atoms with Crippen LogP contribution in [0.2, 0.25) is 10.0 Å². The number of benzene rings is 3. The highest BCUT2D eigenvalue weighted by molar-refractivity contribution is 14.1. The van der Waals surface area contributed by atoms with Gasteiger partial charge in [-0.1, -0.05) is 45.2 Å². The van der Waals surface area contributed by atoms with Crippen LogP contribution in [-0.2, 0) is 16.2 Å². The van der Waals surface area contributed by atoms with Crippen molar-refractivity contribution in [1.82, 2.24) is 5.32 Å². The van der Waals surface area contributed by atoms with Crippen LogP contribution in [0.4, 0.5) is 10.5 Å². The third-order valence-corrected chi connectivity index (χ3v) is 7.46. The summed E-state index contributed by atoms with van der Waals surface area (Å²) in [5.74, 6) is -0.625. The summed E-state index contributed by atoms with van der Waals surface area (Å²) in [4.78, 5) is 39.4. The van der Waals surface area contributed by atoms with E-state index < -0.39 is 17.8 Å². The molecule has 0 saturated carbocycles. The SMILES string of the molecule is COc1cc(/C=C2/C(=O)NC(=O)N(c3ccc(Br)cc3C)C2=O)cc(I)c1OCc1ccc(Cl)c(Cl)c1. The number of carbonyl (C=O) groups excluding carboxylic acids is 3. The van der Waals surface area contributed by atoms with E-state index in [-0.39, 0.29) is 12.2 Å². The first-order chi connectivity index (χ1) is 17.6. The maximum absolute atomic E-state index is 13.3. The molecule has 11 heteroatoms. The first kappa shape index (κ1) is 27.4. The second-order valence-electron chi connectivity index (χ2n) is 7.96. The molecule has 0 bridgehead atoms. The van der Waals surface area contributed by atoms with Gasteiger partial charge < -0.3 is 9.47 Å². The van der Waals surface area contributed by atoms with Gasteiger partial charge in [0.15, 0.2) is 11.5 Å². The molecule has 3 aromatic rings. The van der Waals surface area contributed by atoms with E-state index in [1.807, 2.05) is 0 Å². The highest BCUT2D eigenvalue weighted by atomic mass is 127. The normalized spacial score (nSPS) is 14.7. The zero-order valence-electron chi connectivity index (χ0n) is 19.4. The molecule has 1 N–H and O–H groups in total. The number of urea groups is 1. The molecule has 37 heavy (non-hydrogen) atoms. The molecule has 1 aliphatic heterocycles. The average Bonchev–Trinajstić information content (AvgIpc) is 2.84. The topological polar surface area (TPSA) is 84.9 Å². The maximum Gasteiger partial charge on any atom is 0.335 e. The zero-order chi connectivity index (χ0) is 26.9. The monoisotopic (exact) mass is 714 g/mol. The van der Waals surface area contributed by atoms with E-state index in [0.717, 1.165) is 14.9 Å². The van der Waals surface area contributed by atoms with Crippen molar-refractivity contribution >= 4 is 91.3 Å². The smallest absolute Gasteiger partial charge is 0.335 e. The molecule has 0 spiro atoms. The number of aryl methyl sites for hydroxylation is 1. The van der Waals surface area contributed by atoms with Crippen LogP contribution in [0.25, 0.3) is 6.08 Å². The van der Waals surface area contributed by atoms with Crippen LogP contribution in [-0.4, -0.2) is 25.0 Å². The number of halogens is 4. The van der Waals surface area contributed by atoms with Crippen molar-refractivity contribution in [1.29, 1.82) is 0 Å². The molecule has 0 aromatic heterocycles. The number of amides is 4. The Morgan fingerprint density at radius 1 is 1.05 bits per heavy atom. The largest absolute Gasteiger partial charge is 0.493 e. The van der Waals surface area contributed by atoms with Gasteiger partial charge in [-0.15, -0.1) is 0 Å². The van der Waals surface area contributed by atoms with Gasteiger partial charge in [0.1, 0.15) is 12.2 Å². The van der Waals surface area contributed by atoms with Crippen LogP contribution in [0.15, 0.2) is 58.6 Å². The summed E-state index contributed by atoms with van der Waals surface area (Å²) in [7, 11) is 1.49. The second-order valence-corrected chi connectivity index (χ2v) is 10.9. The van der Waals surface area contributed by atoms with Crippen LogP contribution in [0.1, 0.15) is 16.7 Å². The Hall–Kier alpha value is -2.60. The first-order valence-corrected chi connectivity index (χ1v) is 13.3. The molecule has 0 aliphatic carbocycles. The molecule has 4 amide bonds. The minimum Gasteiger partial charge on any atom is -0.493 e. The lowest BCUT2D eigenvalue weighted by Crippen LogP contribution is -2.54. The molecular weight excluding hydrogens is 698 g/mol. The van der Waals surface area contributed by atoms with E-state index in [9.17, 15) is 14.4 Å². The van der Waals surface area contributed by atoms with Gasteiger partial charge in [0.05, 0.1) is 26.4 Å². The Bertz CT molecular complexity index is 1480. The molecule has 1 aliphatic rings. The Balaban J connectivity index is 1.65. The lowest BCUT2D eigenvalue weighted by Gasteiger charge is -2.27. The lowest BCUT2D eigenvalue weighted by molar-refractivity contribution is -0.122. The maximum atomic E-state index is 13.3. The third kappa shape index (κ3) is 5.95. The van der Waals surface area contributed by atoms with E-state index in [1.54, 1.807) is 55.5 Å². The highest BCUT2D eigenvalue weighted by Crippen LogP contribution is 2.36. The fourth-order valence-electron chi connectivity index (χ4n) is 3.66. The van der Waals surface area contributed by atoms with Crippen molar-refractivity contribution in [3.05, 3.63) is 88.9 Å². The molecule has 0 unspecified atom stereocenters. The fourth-order valence-corrected chi connectivity index (χ4v) is 5.24. The average molecular weight is 716 g/mol. The van der Waals surface area contributed by atoms with E-state index in [4.69, 9.17) is 32.7 Å². The van der Waals surface area contributed by atoms with E-state index in [2.05, 4.69) is 43.8 Å². The Morgan fingerprint density at radius 2 is 1.81 bits per heavy atom. The van der Waals surface area contributed by atoms with E-state index in [0.29, 0.717) is 41.9 Å². The minimum absolute atomic E-state index is 0.191. The zero-order valence-corrected chi connectivity index (χ0v) is 24.7. The number of nitrogens with zero attached hydrogens (tertiary/aromatic N) is 1. The fraction of sp³-hybridized carbons (Fsp3) is 0.115. The summed E-state index contributed by atoms with van der Waals surface area (Å²) < 4.78 is 13.0. The number of methoxy groups -OCH3 is 1. The van der Waals surface area contributed by atoms with Crippen LogP contribution in [0.5, 0.6) is 11.5 Å². The summed E-state index contributed by atoms with van der Waals surface area (Å²) in [5, 5.41) is 3.12. The van der Waals surface area contributed by atoms with Gasteiger partial charge >= 0.3 is 6.03 Å². The molecule has 7 nitrogen and oxygen atoms in total. The van der Waals surface area contributed by atoms with Crippen molar-refractivity contribution in [3.63, 3.8) is 0 Å². The molecule has 4 rings (SSSR count). The van der Waals surface area contributed by atoms with Gasteiger partial charge in [-0.05, 0) is 94.7 Å². The van der Waals surface area contributed by atoms with Crippen LogP contribution in [0.3, 0.4) is 0 Å². The summed E-state index contributed by atoms with van der Waals surface area (Å²) in [6.45, 7) is 1.98. The standard InChI is InChI=1S/C26H18BrCl2IN2O5/c1-13-7-16(27)4-6-21(13)32-25(34)17(24(33)31-26(32)35)8-15-10-20(30)23(22(11-15)36-2)37-12-14-3-5-18(28)19(29)9-14/h3-11H,12H2,1-2H3,(H,31,33,35)/b17-8-. The molecule has 3 aromatic carbocycles. The number of ether oxygens (including phenoxy) is 2. The molecule has 1 heterocycles. The van der Waals surface area contributed by atoms with Crippen LogP contribution >= 0.6 is 61.7 Å². The highest BCUT2D eigenvalue weighted by Gasteiger charge is 2.37. The number of nitrogens with one attached hydrogen (secondary N) is 1. The number of barbiturate groups is 1. The number of hydrogen-bond acceptors (Lipinski definition) is 5. The number of carbonyl (C=O) groups is 3. The molecule has 1 fully saturated rings. The van der Waals surface area contributed by atoms with Crippen LogP contribution in [0, 0.1) is 10.5 Å². The first-order valence-electron chi connectivity index (χ1n) is 10.7. The second kappa shape index (κ2) is 11.4. The van der Waals surface area contributed by atoms with Gasteiger partial charge in [0, 0.05) is 4.47 Å². The summed E-state index contributed by atoms with van der Waals surface area (Å²) in [6, 6.07) is 12.9. The number of rotatable bonds is 6. The quantitative estimate of drug-likeness (QED) is 0.170. The molecule has 1 saturated heterocycles. The van der Waals surface area contributed by atoms with Gasteiger partial charge in [-0.2, -0.15) is 0 Å². The molecule has 190 valence electrons. The third-order valence-electron chi connectivity index (χ3n) is 5.43. The van der Waals surface area contributed by atoms with Gasteiger partial charge in [0.25, 0.3) is 11.8 Å². The van der Waals surface area contributed by atoms with Crippen molar-refractivity contribution in [3.8, 4) is 11.5 Å². The van der Waals surface area contributed by atoms with Crippen molar-refractivity contribution in [2.24, 2.45) is 0 Å². The Morgan fingerprint density at radius 3 is 2.49 bits per heavy atom. The predicted molar refractivity (Wildman–Crippen MR) is 154 cm³/mol. The predicted octanol–water partition coefficient (Wildman–Crippen LogP) is 6.92. The lowest BCUT2D eigenvalue weighted by atomic mass is 10.1. The van der Waals surface area contributed by atoms with Crippen LogP contribution < -0.4 is 19.7 Å². The summed E-state index contributed by atoms with van der Waals surface area (Å²) in [6.07, 6.45) is 1.42. The number of anilines is 1. The number of hydrogen-bond donors (Lipinski definition) is 1.